The largest absolute Gasteiger partial charge is 0.460 e. The monoisotopic (exact) mass is 234 g/mol. The quantitative estimate of drug-likeness (QED) is 0.751. The minimum atomic E-state index is -0.264. The van der Waals surface area contributed by atoms with Gasteiger partial charge in [0.2, 0.25) is 0 Å². The average molecular weight is 234 g/mol. The van der Waals surface area contributed by atoms with Gasteiger partial charge in [-0.25, -0.2) is 4.79 Å². The summed E-state index contributed by atoms with van der Waals surface area (Å²) >= 11 is 0. The third kappa shape index (κ3) is 3.07. The number of esters is 1. The molecule has 1 fully saturated rings. The van der Waals surface area contributed by atoms with Crippen LogP contribution in [-0.2, 0) is 14.3 Å². The molecule has 0 spiro atoms. The fraction of sp³-hybridized carbons (Fsp3) is 0.500. The standard InChI is InChI=1S/C14H18O3/c1-16-10-14(15)17-13-9-5-8-12(13)11-6-3-2-4-7-11/h2-4,6-7,12-13H,5,8-10H2,1H3/t12-,13-/m1/s1. The van der Waals surface area contributed by atoms with E-state index in [9.17, 15) is 4.79 Å². The van der Waals surface area contributed by atoms with Gasteiger partial charge in [-0.05, 0) is 24.8 Å². The lowest BCUT2D eigenvalue weighted by Crippen LogP contribution is -2.23. The highest BCUT2D eigenvalue weighted by atomic mass is 16.6. The van der Waals surface area contributed by atoms with Crippen LogP contribution in [0.3, 0.4) is 0 Å². The third-order valence-corrected chi connectivity index (χ3v) is 3.23. The van der Waals surface area contributed by atoms with Gasteiger partial charge in [-0.1, -0.05) is 30.3 Å². The predicted octanol–water partition coefficient (Wildman–Crippen LogP) is 2.51. The smallest absolute Gasteiger partial charge is 0.332 e. The summed E-state index contributed by atoms with van der Waals surface area (Å²) in [4.78, 5) is 11.4. The number of rotatable bonds is 4. The molecule has 0 amide bonds. The van der Waals surface area contributed by atoms with Crippen molar-refractivity contribution < 1.29 is 14.3 Å². The van der Waals surface area contributed by atoms with Crippen molar-refractivity contribution in [3.8, 4) is 0 Å². The van der Waals surface area contributed by atoms with E-state index in [4.69, 9.17) is 9.47 Å². The topological polar surface area (TPSA) is 35.5 Å². The molecule has 1 saturated carbocycles. The highest BCUT2D eigenvalue weighted by Crippen LogP contribution is 2.36. The second-order valence-corrected chi connectivity index (χ2v) is 4.41. The van der Waals surface area contributed by atoms with E-state index in [0.717, 1.165) is 19.3 Å². The van der Waals surface area contributed by atoms with Gasteiger partial charge in [0.15, 0.2) is 0 Å². The summed E-state index contributed by atoms with van der Waals surface area (Å²) in [6.07, 6.45) is 3.18. The average Bonchev–Trinajstić information content (AvgIpc) is 2.78. The van der Waals surface area contributed by atoms with Gasteiger partial charge in [0.25, 0.3) is 0 Å². The van der Waals surface area contributed by atoms with Crippen molar-refractivity contribution in [3.05, 3.63) is 35.9 Å². The first-order valence-electron chi connectivity index (χ1n) is 6.04. The summed E-state index contributed by atoms with van der Waals surface area (Å²) in [7, 11) is 1.50. The maximum atomic E-state index is 11.4. The first-order valence-corrected chi connectivity index (χ1v) is 6.04. The second kappa shape index (κ2) is 5.82. The third-order valence-electron chi connectivity index (χ3n) is 3.23. The zero-order chi connectivity index (χ0) is 12.1. The van der Waals surface area contributed by atoms with Crippen LogP contribution in [0.2, 0.25) is 0 Å². The first-order chi connectivity index (χ1) is 8.31. The van der Waals surface area contributed by atoms with Crippen LogP contribution >= 0.6 is 0 Å². The SMILES string of the molecule is COCC(=O)O[C@@H]1CCC[C@@H]1c1ccccc1. The van der Waals surface area contributed by atoms with Gasteiger partial charge in [-0.15, -0.1) is 0 Å². The van der Waals surface area contributed by atoms with Crippen molar-refractivity contribution in [1.82, 2.24) is 0 Å². The molecule has 0 aliphatic heterocycles. The Balaban J connectivity index is 2.00. The molecule has 0 aromatic heterocycles. The molecule has 0 radical (unpaired) electrons. The number of carbonyl (C=O) groups is 1. The maximum Gasteiger partial charge on any atom is 0.332 e. The number of benzene rings is 1. The molecule has 1 aromatic carbocycles. The zero-order valence-electron chi connectivity index (χ0n) is 10.1. The molecule has 92 valence electrons. The number of hydrogen-bond donors (Lipinski definition) is 0. The normalized spacial score (nSPS) is 23.6. The van der Waals surface area contributed by atoms with Crippen molar-refractivity contribution in [3.63, 3.8) is 0 Å². The maximum absolute atomic E-state index is 11.4. The molecule has 0 saturated heterocycles. The van der Waals surface area contributed by atoms with Crippen LogP contribution in [0.15, 0.2) is 30.3 Å². The first kappa shape index (κ1) is 12.1. The summed E-state index contributed by atoms with van der Waals surface area (Å²) in [6.45, 7) is 0.0397. The lowest BCUT2D eigenvalue weighted by molar-refractivity contribution is -0.153. The molecule has 3 heteroatoms. The Morgan fingerprint density at radius 2 is 2.06 bits per heavy atom. The number of carbonyl (C=O) groups excluding carboxylic acids is 1. The van der Waals surface area contributed by atoms with Crippen LogP contribution in [0, 0.1) is 0 Å². The van der Waals surface area contributed by atoms with Gasteiger partial charge in [0, 0.05) is 13.0 Å². The van der Waals surface area contributed by atoms with E-state index in [2.05, 4.69) is 12.1 Å². The van der Waals surface area contributed by atoms with Crippen LogP contribution in [0.5, 0.6) is 0 Å². The van der Waals surface area contributed by atoms with Crippen LogP contribution in [0.1, 0.15) is 30.7 Å². The molecular formula is C14H18O3. The Morgan fingerprint density at radius 3 is 2.76 bits per heavy atom. The lowest BCUT2D eigenvalue weighted by atomic mass is 9.96. The van der Waals surface area contributed by atoms with Crippen molar-refractivity contribution in [1.29, 1.82) is 0 Å². The molecule has 0 N–H and O–H groups in total. The van der Waals surface area contributed by atoms with Crippen LogP contribution in [0.4, 0.5) is 0 Å². The molecule has 1 aliphatic carbocycles. The lowest BCUT2D eigenvalue weighted by Gasteiger charge is -2.20. The highest BCUT2D eigenvalue weighted by Gasteiger charge is 2.31. The highest BCUT2D eigenvalue weighted by molar-refractivity contribution is 5.71. The molecular weight excluding hydrogens is 216 g/mol. The Kier molecular flexibility index (Phi) is 4.15. The molecule has 0 bridgehead atoms. The van der Waals surface area contributed by atoms with Gasteiger partial charge in [-0.2, -0.15) is 0 Å². The van der Waals surface area contributed by atoms with E-state index < -0.39 is 0 Å². The van der Waals surface area contributed by atoms with Gasteiger partial charge < -0.3 is 9.47 Å². The molecule has 0 heterocycles. The van der Waals surface area contributed by atoms with E-state index in [0.29, 0.717) is 5.92 Å². The molecule has 3 nitrogen and oxygen atoms in total. The Hall–Kier alpha value is -1.35. The summed E-state index contributed by atoms with van der Waals surface area (Å²) in [5, 5.41) is 0. The van der Waals surface area contributed by atoms with Crippen molar-refractivity contribution in [2.24, 2.45) is 0 Å². The van der Waals surface area contributed by atoms with E-state index in [1.165, 1.54) is 12.7 Å². The van der Waals surface area contributed by atoms with Crippen molar-refractivity contribution >= 4 is 5.97 Å². The van der Waals surface area contributed by atoms with Crippen molar-refractivity contribution in [2.75, 3.05) is 13.7 Å². The van der Waals surface area contributed by atoms with Crippen LogP contribution in [0.25, 0.3) is 0 Å². The van der Waals surface area contributed by atoms with Crippen molar-refractivity contribution in [2.45, 2.75) is 31.3 Å². The number of ether oxygens (including phenoxy) is 2. The van der Waals surface area contributed by atoms with E-state index in [1.54, 1.807) is 0 Å². The van der Waals surface area contributed by atoms with Crippen LogP contribution in [-0.4, -0.2) is 25.8 Å². The minimum absolute atomic E-state index is 0.0139. The van der Waals surface area contributed by atoms with E-state index in [-0.39, 0.29) is 18.7 Å². The molecule has 17 heavy (non-hydrogen) atoms. The minimum Gasteiger partial charge on any atom is -0.460 e. The molecule has 2 rings (SSSR count). The summed E-state index contributed by atoms with van der Waals surface area (Å²) in [6, 6.07) is 10.3. The molecule has 2 atom stereocenters. The Labute approximate surface area is 102 Å². The zero-order valence-corrected chi connectivity index (χ0v) is 10.1. The Bertz CT molecular complexity index is 361. The summed E-state index contributed by atoms with van der Waals surface area (Å²) in [5.74, 6) is 0.0809. The number of methoxy groups -OCH3 is 1. The van der Waals surface area contributed by atoms with Gasteiger partial charge in [0.1, 0.15) is 12.7 Å². The Morgan fingerprint density at radius 1 is 1.29 bits per heavy atom. The predicted molar refractivity (Wildman–Crippen MR) is 64.8 cm³/mol. The molecule has 0 unspecified atom stereocenters. The fourth-order valence-corrected chi connectivity index (χ4v) is 2.47. The number of hydrogen-bond acceptors (Lipinski definition) is 3. The van der Waals surface area contributed by atoms with Crippen LogP contribution < -0.4 is 0 Å². The molecule has 1 aliphatic rings. The van der Waals surface area contributed by atoms with Gasteiger partial charge in [-0.3, -0.25) is 0 Å². The van der Waals surface area contributed by atoms with Gasteiger partial charge in [0.05, 0.1) is 0 Å². The van der Waals surface area contributed by atoms with Gasteiger partial charge >= 0.3 is 5.97 Å². The van der Waals surface area contributed by atoms with E-state index in [1.807, 2.05) is 18.2 Å². The fourth-order valence-electron chi connectivity index (χ4n) is 2.47. The summed E-state index contributed by atoms with van der Waals surface area (Å²) in [5.41, 5.74) is 1.26. The summed E-state index contributed by atoms with van der Waals surface area (Å²) < 4.78 is 10.2. The molecule has 1 aromatic rings. The second-order valence-electron chi connectivity index (χ2n) is 4.41. The van der Waals surface area contributed by atoms with E-state index >= 15 is 0 Å².